The number of rotatable bonds is 4. The predicted molar refractivity (Wildman–Crippen MR) is 102 cm³/mol. The summed E-state index contributed by atoms with van der Waals surface area (Å²) in [6.45, 7) is 0.541. The third kappa shape index (κ3) is 3.11. The Balaban J connectivity index is 1.62. The van der Waals surface area contributed by atoms with E-state index in [1.165, 1.54) is 0 Å². The number of aromatic amines is 1. The Morgan fingerprint density at radius 3 is 2.69 bits per heavy atom. The lowest BCUT2D eigenvalue weighted by Gasteiger charge is -2.23. The summed E-state index contributed by atoms with van der Waals surface area (Å²) >= 11 is 0. The van der Waals surface area contributed by atoms with Crippen molar-refractivity contribution in [2.45, 2.75) is 12.5 Å². The first-order valence-electron chi connectivity index (χ1n) is 8.46. The van der Waals surface area contributed by atoms with Gasteiger partial charge in [-0.05, 0) is 58.7 Å². The van der Waals surface area contributed by atoms with Crippen LogP contribution < -0.4 is 10.1 Å². The molecule has 0 saturated heterocycles. The lowest BCUT2D eigenvalue weighted by atomic mass is 9.89. The summed E-state index contributed by atoms with van der Waals surface area (Å²) in [4.78, 5) is 19.9. The number of nitrogens with zero attached hydrogens (tertiary/aromatic N) is 1. The molecule has 1 aliphatic rings. The van der Waals surface area contributed by atoms with Crippen LogP contribution in [0.3, 0.4) is 0 Å². The second-order valence-corrected chi connectivity index (χ2v) is 6.18. The molecule has 3 aromatic rings. The maximum absolute atomic E-state index is 12.4. The number of ether oxygens (including phenoxy) is 1. The Morgan fingerprint density at radius 1 is 1.12 bits per heavy atom. The van der Waals surface area contributed by atoms with E-state index in [1.54, 1.807) is 13.3 Å². The fraction of sp³-hybridized carbons (Fsp3) is 0.143. The largest absolute Gasteiger partial charge is 0.497 e. The van der Waals surface area contributed by atoms with Crippen molar-refractivity contribution in [3.8, 4) is 16.9 Å². The topological polar surface area (TPSA) is 66.5 Å². The van der Waals surface area contributed by atoms with Crippen molar-refractivity contribution < 1.29 is 9.53 Å². The van der Waals surface area contributed by atoms with Gasteiger partial charge in [0, 0.05) is 25.2 Å². The minimum absolute atomic E-state index is 0.0239. The van der Waals surface area contributed by atoms with Crippen LogP contribution in [0.4, 0.5) is 5.69 Å². The number of hydrogen-bond donors (Lipinski definition) is 2. The number of aromatic nitrogens is 1. The van der Waals surface area contributed by atoms with Crippen molar-refractivity contribution in [3.05, 3.63) is 72.1 Å². The van der Waals surface area contributed by atoms with Crippen LogP contribution in [-0.4, -0.2) is 24.2 Å². The van der Waals surface area contributed by atoms with E-state index in [9.17, 15) is 4.79 Å². The molecule has 1 amide bonds. The molecular formula is C21H19N3O2. The predicted octanol–water partition coefficient (Wildman–Crippen LogP) is 3.81. The third-order valence-corrected chi connectivity index (χ3v) is 4.59. The van der Waals surface area contributed by atoms with Crippen molar-refractivity contribution in [1.29, 1.82) is 0 Å². The molecule has 2 aromatic carbocycles. The van der Waals surface area contributed by atoms with Crippen LogP contribution in [0.15, 0.2) is 65.9 Å². The Bertz CT molecular complexity index is 944. The Hall–Kier alpha value is -3.34. The molecule has 0 radical (unpaired) electrons. The summed E-state index contributed by atoms with van der Waals surface area (Å²) in [5, 5.41) is 2.96. The van der Waals surface area contributed by atoms with E-state index in [4.69, 9.17) is 4.74 Å². The highest BCUT2D eigenvalue weighted by Gasteiger charge is 2.26. The van der Waals surface area contributed by atoms with Gasteiger partial charge in [-0.2, -0.15) is 0 Å². The molecule has 130 valence electrons. The van der Waals surface area contributed by atoms with E-state index in [0.717, 1.165) is 33.7 Å². The minimum atomic E-state index is -0.388. The number of aliphatic imine (C=N–C) groups is 1. The van der Waals surface area contributed by atoms with Crippen molar-refractivity contribution in [1.82, 2.24) is 10.3 Å². The maximum Gasteiger partial charge on any atom is 0.233 e. The molecule has 2 N–H and O–H groups in total. The SMILES string of the molecule is COc1ccc(N=CC2C(=O)NCc3cc(-c4cc[nH]c4)ccc32)cc1. The van der Waals surface area contributed by atoms with Crippen LogP contribution in [0.25, 0.3) is 11.1 Å². The highest BCUT2D eigenvalue weighted by molar-refractivity contribution is 6.01. The molecule has 26 heavy (non-hydrogen) atoms. The van der Waals surface area contributed by atoms with Crippen LogP contribution >= 0.6 is 0 Å². The van der Waals surface area contributed by atoms with Crippen LogP contribution in [0.2, 0.25) is 0 Å². The molecule has 0 spiro atoms. The normalized spacial score (nSPS) is 16.3. The number of H-pyrrole nitrogens is 1. The summed E-state index contributed by atoms with van der Waals surface area (Å²) in [5.41, 5.74) is 5.18. The lowest BCUT2D eigenvalue weighted by molar-refractivity contribution is -0.121. The van der Waals surface area contributed by atoms with Gasteiger partial charge < -0.3 is 15.0 Å². The summed E-state index contributed by atoms with van der Waals surface area (Å²) in [6, 6.07) is 15.7. The Labute approximate surface area is 151 Å². The summed E-state index contributed by atoms with van der Waals surface area (Å²) in [6.07, 6.45) is 5.58. The van der Waals surface area contributed by atoms with Gasteiger partial charge in [-0.3, -0.25) is 9.79 Å². The van der Waals surface area contributed by atoms with Crippen LogP contribution in [-0.2, 0) is 11.3 Å². The minimum Gasteiger partial charge on any atom is -0.497 e. The number of methoxy groups -OCH3 is 1. The highest BCUT2D eigenvalue weighted by atomic mass is 16.5. The first-order chi connectivity index (χ1) is 12.7. The Kier molecular flexibility index (Phi) is 4.27. The van der Waals surface area contributed by atoms with Crippen molar-refractivity contribution in [3.63, 3.8) is 0 Å². The Morgan fingerprint density at radius 2 is 1.96 bits per heavy atom. The van der Waals surface area contributed by atoms with Crippen LogP contribution in [0.1, 0.15) is 17.0 Å². The fourth-order valence-electron chi connectivity index (χ4n) is 3.16. The van der Waals surface area contributed by atoms with Gasteiger partial charge in [0.15, 0.2) is 0 Å². The molecule has 1 aromatic heterocycles. The molecule has 0 aliphatic carbocycles. The fourth-order valence-corrected chi connectivity index (χ4v) is 3.16. The number of carbonyl (C=O) groups is 1. The summed E-state index contributed by atoms with van der Waals surface area (Å²) in [7, 11) is 1.63. The van der Waals surface area contributed by atoms with Crippen molar-refractivity contribution in [2.75, 3.05) is 7.11 Å². The average molecular weight is 345 g/mol. The molecular weight excluding hydrogens is 326 g/mol. The average Bonchev–Trinajstić information content (AvgIpc) is 3.22. The zero-order valence-electron chi connectivity index (χ0n) is 14.4. The van der Waals surface area contributed by atoms with Gasteiger partial charge in [-0.1, -0.05) is 12.1 Å². The molecule has 0 bridgehead atoms. The zero-order valence-corrected chi connectivity index (χ0v) is 14.4. The summed E-state index contributed by atoms with van der Waals surface area (Å²) in [5.74, 6) is 0.368. The van der Waals surface area contributed by atoms with E-state index in [1.807, 2.05) is 48.8 Å². The number of amides is 1. The third-order valence-electron chi connectivity index (χ3n) is 4.59. The molecule has 0 saturated carbocycles. The molecule has 1 unspecified atom stereocenters. The quantitative estimate of drug-likeness (QED) is 0.706. The molecule has 0 fully saturated rings. The van der Waals surface area contributed by atoms with Gasteiger partial charge in [0.25, 0.3) is 0 Å². The van der Waals surface area contributed by atoms with Gasteiger partial charge in [-0.15, -0.1) is 0 Å². The first-order valence-corrected chi connectivity index (χ1v) is 8.46. The number of hydrogen-bond acceptors (Lipinski definition) is 3. The van der Waals surface area contributed by atoms with Gasteiger partial charge >= 0.3 is 0 Å². The van der Waals surface area contributed by atoms with Gasteiger partial charge in [0.1, 0.15) is 5.75 Å². The number of nitrogens with one attached hydrogen (secondary N) is 2. The molecule has 4 rings (SSSR count). The van der Waals surface area contributed by atoms with Crippen LogP contribution in [0.5, 0.6) is 5.75 Å². The molecule has 1 atom stereocenters. The van der Waals surface area contributed by atoms with Crippen LogP contribution in [0, 0.1) is 0 Å². The standard InChI is InChI=1S/C21H19N3O2/c1-26-18-5-3-17(4-6-18)23-13-20-19-7-2-14(15-8-9-22-11-15)10-16(19)12-24-21(20)25/h2-11,13,20,22H,12H2,1H3,(H,24,25). The van der Waals surface area contributed by atoms with E-state index in [2.05, 4.69) is 27.4 Å². The zero-order chi connectivity index (χ0) is 17.9. The maximum atomic E-state index is 12.4. The van der Waals surface area contributed by atoms with Crippen molar-refractivity contribution >= 4 is 17.8 Å². The highest BCUT2D eigenvalue weighted by Crippen LogP contribution is 2.29. The van der Waals surface area contributed by atoms with E-state index in [-0.39, 0.29) is 11.8 Å². The second kappa shape index (κ2) is 6.88. The van der Waals surface area contributed by atoms with E-state index < -0.39 is 0 Å². The molecule has 1 aliphatic heterocycles. The van der Waals surface area contributed by atoms with E-state index in [0.29, 0.717) is 6.54 Å². The molecule has 5 heteroatoms. The second-order valence-electron chi connectivity index (χ2n) is 6.18. The van der Waals surface area contributed by atoms with Crippen molar-refractivity contribution in [2.24, 2.45) is 4.99 Å². The summed E-state index contributed by atoms with van der Waals surface area (Å²) < 4.78 is 5.15. The lowest BCUT2D eigenvalue weighted by Crippen LogP contribution is -2.35. The monoisotopic (exact) mass is 345 g/mol. The smallest absolute Gasteiger partial charge is 0.233 e. The first kappa shape index (κ1) is 16.1. The number of benzene rings is 2. The van der Waals surface area contributed by atoms with Gasteiger partial charge in [-0.25, -0.2) is 0 Å². The number of fused-ring (bicyclic) bond motifs is 1. The number of carbonyl (C=O) groups excluding carboxylic acids is 1. The van der Waals surface area contributed by atoms with E-state index >= 15 is 0 Å². The van der Waals surface area contributed by atoms with Gasteiger partial charge in [0.2, 0.25) is 5.91 Å². The van der Waals surface area contributed by atoms with Gasteiger partial charge in [0.05, 0.1) is 18.7 Å². The molecule has 5 nitrogen and oxygen atoms in total. The molecule has 2 heterocycles.